The minimum Gasteiger partial charge on any atom is -0.339 e. The van der Waals surface area contributed by atoms with Gasteiger partial charge >= 0.3 is 0 Å². The molecule has 0 N–H and O–H groups in total. The molecule has 0 atom stereocenters. The van der Waals surface area contributed by atoms with Crippen molar-refractivity contribution in [3.63, 3.8) is 0 Å². The second-order valence-electron chi connectivity index (χ2n) is 5.53. The number of aryl methyl sites for hydroxylation is 1. The Labute approximate surface area is 143 Å². The van der Waals surface area contributed by atoms with Crippen molar-refractivity contribution < 1.29 is 17.6 Å². The number of carbonyl (C=O) groups excluding carboxylic acids is 1. The smallest absolute Gasteiger partial charge is 0.233 e. The number of halogens is 1. The SMILES string of the molecule is Cn1ccnc1S(=O)(=O)C1CN(C(=O)CSc2ccc(F)cc2)C1. The molecule has 128 valence electrons. The summed E-state index contributed by atoms with van der Waals surface area (Å²) < 4.78 is 39.1. The van der Waals surface area contributed by atoms with Crippen LogP contribution >= 0.6 is 11.8 Å². The van der Waals surface area contributed by atoms with Crippen molar-refractivity contribution in [1.82, 2.24) is 14.5 Å². The van der Waals surface area contributed by atoms with Crippen LogP contribution in [0.5, 0.6) is 0 Å². The summed E-state index contributed by atoms with van der Waals surface area (Å²) in [5.41, 5.74) is 0. The molecule has 1 fully saturated rings. The van der Waals surface area contributed by atoms with Crippen LogP contribution in [-0.2, 0) is 21.7 Å². The van der Waals surface area contributed by atoms with Gasteiger partial charge in [-0.05, 0) is 24.3 Å². The van der Waals surface area contributed by atoms with Crippen LogP contribution < -0.4 is 0 Å². The van der Waals surface area contributed by atoms with Gasteiger partial charge in [0.05, 0.1) is 5.75 Å². The van der Waals surface area contributed by atoms with Gasteiger partial charge in [-0.2, -0.15) is 0 Å². The second kappa shape index (κ2) is 6.56. The lowest BCUT2D eigenvalue weighted by molar-refractivity contribution is -0.131. The molecule has 24 heavy (non-hydrogen) atoms. The molecule has 1 saturated heterocycles. The first-order valence-electron chi connectivity index (χ1n) is 7.25. The topological polar surface area (TPSA) is 72.3 Å². The van der Waals surface area contributed by atoms with Crippen molar-refractivity contribution in [1.29, 1.82) is 0 Å². The molecule has 0 spiro atoms. The zero-order chi connectivity index (χ0) is 17.3. The van der Waals surface area contributed by atoms with Crippen molar-refractivity contribution in [2.24, 2.45) is 7.05 Å². The third kappa shape index (κ3) is 3.32. The summed E-state index contributed by atoms with van der Waals surface area (Å²) in [7, 11) is -1.89. The molecular formula is C15H16FN3O3S2. The maximum Gasteiger partial charge on any atom is 0.233 e. The number of aromatic nitrogens is 2. The highest BCUT2D eigenvalue weighted by molar-refractivity contribution is 8.00. The van der Waals surface area contributed by atoms with Gasteiger partial charge in [0.1, 0.15) is 11.1 Å². The van der Waals surface area contributed by atoms with Gasteiger partial charge in [0.25, 0.3) is 0 Å². The predicted octanol–water partition coefficient (Wildman–Crippen LogP) is 1.34. The Balaban J connectivity index is 1.53. The van der Waals surface area contributed by atoms with Crippen LogP contribution in [0.1, 0.15) is 0 Å². The highest BCUT2D eigenvalue weighted by Crippen LogP contribution is 2.24. The van der Waals surface area contributed by atoms with Crippen LogP contribution in [0.15, 0.2) is 46.7 Å². The minimum atomic E-state index is -3.52. The lowest BCUT2D eigenvalue weighted by Gasteiger charge is -2.38. The number of carbonyl (C=O) groups is 1. The molecule has 2 heterocycles. The maximum atomic E-state index is 12.8. The molecule has 0 saturated carbocycles. The Morgan fingerprint density at radius 3 is 2.58 bits per heavy atom. The van der Waals surface area contributed by atoms with E-state index in [-0.39, 0.29) is 35.7 Å². The van der Waals surface area contributed by atoms with Gasteiger partial charge in [0.2, 0.25) is 20.9 Å². The fourth-order valence-corrected chi connectivity index (χ4v) is 4.90. The lowest BCUT2D eigenvalue weighted by Crippen LogP contribution is -2.57. The standard InChI is InChI=1S/C15H16FN3O3S2/c1-18-7-6-17-15(18)24(21,22)13-8-19(9-13)14(20)10-23-12-4-2-11(16)3-5-12/h2-7,13H,8-10H2,1H3. The Hall–Kier alpha value is -1.87. The van der Waals surface area contributed by atoms with Crippen LogP contribution in [0.4, 0.5) is 4.39 Å². The first-order valence-corrected chi connectivity index (χ1v) is 9.78. The summed E-state index contributed by atoms with van der Waals surface area (Å²) in [6.07, 6.45) is 3.02. The number of amides is 1. The van der Waals surface area contributed by atoms with Crippen LogP contribution in [-0.4, -0.2) is 52.9 Å². The molecule has 3 rings (SSSR count). The van der Waals surface area contributed by atoms with Crippen molar-refractivity contribution in [3.8, 4) is 0 Å². The highest BCUT2D eigenvalue weighted by Gasteiger charge is 2.42. The van der Waals surface area contributed by atoms with Gasteiger partial charge in [-0.25, -0.2) is 17.8 Å². The quantitative estimate of drug-likeness (QED) is 0.744. The van der Waals surface area contributed by atoms with E-state index in [1.54, 1.807) is 25.4 Å². The molecule has 0 unspecified atom stereocenters. The van der Waals surface area contributed by atoms with E-state index in [9.17, 15) is 17.6 Å². The van der Waals surface area contributed by atoms with E-state index in [4.69, 9.17) is 0 Å². The number of imidazole rings is 1. The van der Waals surface area contributed by atoms with Crippen LogP contribution in [0.25, 0.3) is 0 Å². The number of benzene rings is 1. The predicted molar refractivity (Wildman–Crippen MR) is 87.9 cm³/mol. The summed E-state index contributed by atoms with van der Waals surface area (Å²) in [4.78, 5) is 18.3. The van der Waals surface area contributed by atoms with E-state index in [1.165, 1.54) is 39.6 Å². The number of sulfone groups is 1. The third-order valence-electron chi connectivity index (χ3n) is 3.85. The summed E-state index contributed by atoms with van der Waals surface area (Å²) in [6.45, 7) is 0.357. The van der Waals surface area contributed by atoms with Crippen molar-refractivity contribution >= 4 is 27.5 Å². The van der Waals surface area contributed by atoms with Crippen molar-refractivity contribution in [2.45, 2.75) is 15.3 Å². The maximum absolute atomic E-state index is 12.8. The van der Waals surface area contributed by atoms with Crippen molar-refractivity contribution in [2.75, 3.05) is 18.8 Å². The minimum absolute atomic E-state index is 0.0280. The summed E-state index contributed by atoms with van der Waals surface area (Å²) in [5, 5.41) is -0.585. The van der Waals surface area contributed by atoms with Gasteiger partial charge in [-0.15, -0.1) is 11.8 Å². The molecule has 1 aliphatic rings. The molecule has 1 aromatic heterocycles. The van der Waals surface area contributed by atoms with Gasteiger partial charge in [0.15, 0.2) is 0 Å². The van der Waals surface area contributed by atoms with E-state index < -0.39 is 15.1 Å². The molecule has 1 aromatic carbocycles. The van der Waals surface area contributed by atoms with Gasteiger partial charge in [-0.3, -0.25) is 4.79 Å². The lowest BCUT2D eigenvalue weighted by atomic mass is 10.2. The number of rotatable bonds is 5. The third-order valence-corrected chi connectivity index (χ3v) is 6.92. The molecule has 2 aromatic rings. The summed E-state index contributed by atoms with van der Waals surface area (Å²) in [6, 6.07) is 5.90. The Kier molecular flexibility index (Phi) is 4.64. The fourth-order valence-electron chi connectivity index (χ4n) is 2.38. The first kappa shape index (κ1) is 17.0. The van der Waals surface area contributed by atoms with Crippen molar-refractivity contribution in [3.05, 3.63) is 42.5 Å². The molecule has 6 nitrogen and oxygen atoms in total. The highest BCUT2D eigenvalue weighted by atomic mass is 32.2. The monoisotopic (exact) mass is 369 g/mol. The molecule has 0 aliphatic carbocycles. The number of thioether (sulfide) groups is 1. The van der Waals surface area contributed by atoms with Crippen LogP contribution in [0.2, 0.25) is 0 Å². The zero-order valence-corrected chi connectivity index (χ0v) is 14.6. The Morgan fingerprint density at radius 2 is 2.00 bits per heavy atom. The van der Waals surface area contributed by atoms with E-state index in [0.29, 0.717) is 0 Å². The Morgan fingerprint density at radius 1 is 1.33 bits per heavy atom. The van der Waals surface area contributed by atoms with Crippen LogP contribution in [0.3, 0.4) is 0 Å². The van der Waals surface area contributed by atoms with E-state index in [2.05, 4.69) is 4.98 Å². The van der Waals surface area contributed by atoms with E-state index in [1.807, 2.05) is 0 Å². The normalized spacial score (nSPS) is 15.3. The molecular weight excluding hydrogens is 353 g/mol. The second-order valence-corrected chi connectivity index (χ2v) is 8.70. The molecule has 1 aliphatic heterocycles. The summed E-state index contributed by atoms with van der Waals surface area (Å²) in [5.74, 6) is -0.257. The average molecular weight is 369 g/mol. The average Bonchev–Trinajstić information content (AvgIpc) is 2.92. The van der Waals surface area contributed by atoms with Crippen LogP contribution in [0, 0.1) is 5.82 Å². The number of likely N-dealkylation sites (tertiary alicyclic amines) is 1. The number of hydrogen-bond acceptors (Lipinski definition) is 5. The molecule has 0 bridgehead atoms. The summed E-state index contributed by atoms with van der Waals surface area (Å²) >= 11 is 1.30. The zero-order valence-electron chi connectivity index (χ0n) is 12.9. The van der Waals surface area contributed by atoms with Gasteiger partial charge in [-0.1, -0.05) is 0 Å². The number of hydrogen-bond donors (Lipinski definition) is 0. The molecule has 9 heteroatoms. The van der Waals surface area contributed by atoms with E-state index in [0.717, 1.165) is 4.90 Å². The van der Waals surface area contributed by atoms with E-state index >= 15 is 0 Å². The van der Waals surface area contributed by atoms with Gasteiger partial charge in [0, 0.05) is 37.4 Å². The fraction of sp³-hybridized carbons (Fsp3) is 0.333. The Bertz CT molecular complexity index is 843. The molecule has 0 radical (unpaired) electrons. The first-order chi connectivity index (χ1) is 11.4. The largest absolute Gasteiger partial charge is 0.339 e. The van der Waals surface area contributed by atoms with Gasteiger partial charge < -0.3 is 9.47 Å². The molecule has 1 amide bonds. The number of nitrogens with zero attached hydrogens (tertiary/aromatic N) is 3.